The summed E-state index contributed by atoms with van der Waals surface area (Å²) < 4.78 is 0. The minimum atomic E-state index is 0. The van der Waals surface area contributed by atoms with Gasteiger partial charge in [-0.1, -0.05) is 13.3 Å². The van der Waals surface area contributed by atoms with Crippen molar-refractivity contribution in [2.24, 2.45) is 0 Å². The average molecular weight is 291 g/mol. The van der Waals surface area contributed by atoms with Crippen molar-refractivity contribution < 1.29 is 27.7 Å². The van der Waals surface area contributed by atoms with Gasteiger partial charge >= 0.3 is 0 Å². The van der Waals surface area contributed by atoms with Crippen LogP contribution < -0.4 is 0 Å². The van der Waals surface area contributed by atoms with Crippen LogP contribution >= 0.6 is 12.6 Å². The molecular formula is C4H10HgS. The molecule has 0 amide bonds. The largest absolute Gasteiger partial charge is 0.179 e. The zero-order valence-corrected chi connectivity index (χ0v) is 10.7. The molecule has 34 valence electrons. The Morgan fingerprint density at radius 1 is 1.50 bits per heavy atom. The van der Waals surface area contributed by atoms with Crippen molar-refractivity contribution in [2.45, 2.75) is 19.8 Å². The van der Waals surface area contributed by atoms with Gasteiger partial charge in [0.05, 0.1) is 0 Å². The second-order valence-corrected chi connectivity index (χ2v) is 1.52. The molecule has 0 saturated carbocycles. The van der Waals surface area contributed by atoms with Crippen molar-refractivity contribution in [1.82, 2.24) is 0 Å². The first-order chi connectivity index (χ1) is 2.41. The van der Waals surface area contributed by atoms with Crippen LogP contribution in [0.25, 0.3) is 0 Å². The minimum absolute atomic E-state index is 0. The third kappa shape index (κ3) is 8.99. The Hall–Kier alpha value is 1.29. The maximum absolute atomic E-state index is 4.00. The quantitative estimate of drug-likeness (QED) is 0.581. The van der Waals surface area contributed by atoms with E-state index in [1.807, 2.05) is 0 Å². The molecule has 0 aliphatic carbocycles. The van der Waals surface area contributed by atoms with Gasteiger partial charge in [0.1, 0.15) is 0 Å². The van der Waals surface area contributed by atoms with Gasteiger partial charge in [0.15, 0.2) is 0 Å². The molecule has 0 fully saturated rings. The van der Waals surface area contributed by atoms with E-state index in [2.05, 4.69) is 19.6 Å². The van der Waals surface area contributed by atoms with Crippen molar-refractivity contribution in [3.8, 4) is 0 Å². The molecule has 0 aliphatic heterocycles. The third-order valence-corrected chi connectivity index (χ3v) is 0.828. The van der Waals surface area contributed by atoms with Crippen LogP contribution in [0.2, 0.25) is 0 Å². The van der Waals surface area contributed by atoms with Crippen LogP contribution in [0.1, 0.15) is 19.8 Å². The van der Waals surface area contributed by atoms with E-state index in [0.29, 0.717) is 0 Å². The maximum atomic E-state index is 4.00. The fraction of sp³-hybridized carbons (Fsp3) is 1.00. The summed E-state index contributed by atoms with van der Waals surface area (Å²) in [4.78, 5) is 0. The van der Waals surface area contributed by atoms with Crippen molar-refractivity contribution in [3.05, 3.63) is 0 Å². The normalized spacial score (nSPS) is 7.00. The average Bonchev–Trinajstić information content (AvgIpc) is 1.41. The van der Waals surface area contributed by atoms with Gasteiger partial charge < -0.3 is 0 Å². The predicted molar refractivity (Wildman–Crippen MR) is 28.8 cm³/mol. The Morgan fingerprint density at radius 3 is 2.00 bits per heavy atom. The monoisotopic (exact) mass is 292 g/mol. The molecule has 0 radical (unpaired) electrons. The van der Waals surface area contributed by atoms with Gasteiger partial charge in [0.25, 0.3) is 0 Å². The summed E-state index contributed by atoms with van der Waals surface area (Å²) in [7, 11) is 0. The molecule has 0 nitrogen and oxygen atoms in total. The van der Waals surface area contributed by atoms with E-state index in [1.165, 1.54) is 12.8 Å². The van der Waals surface area contributed by atoms with Gasteiger partial charge in [0.2, 0.25) is 0 Å². The maximum Gasteiger partial charge on any atom is 0 e. The van der Waals surface area contributed by atoms with Crippen LogP contribution in [-0.2, 0) is 27.7 Å². The van der Waals surface area contributed by atoms with Crippen LogP contribution in [0.3, 0.4) is 0 Å². The van der Waals surface area contributed by atoms with Gasteiger partial charge in [-0.2, -0.15) is 12.6 Å². The van der Waals surface area contributed by atoms with Crippen molar-refractivity contribution in [3.63, 3.8) is 0 Å². The summed E-state index contributed by atoms with van der Waals surface area (Å²) >= 11 is 4.00. The molecule has 0 aromatic rings. The first kappa shape index (κ1) is 10.3. The Morgan fingerprint density at radius 2 is 2.00 bits per heavy atom. The van der Waals surface area contributed by atoms with E-state index < -0.39 is 0 Å². The fourth-order valence-electron chi connectivity index (χ4n) is 0.158. The summed E-state index contributed by atoms with van der Waals surface area (Å²) in [5, 5.41) is 0. The molecule has 0 aromatic heterocycles. The van der Waals surface area contributed by atoms with Crippen molar-refractivity contribution >= 4 is 12.6 Å². The Bertz CT molecular complexity index is 15.0. The summed E-state index contributed by atoms with van der Waals surface area (Å²) in [6.07, 6.45) is 2.52. The zero-order valence-electron chi connectivity index (χ0n) is 4.28. The fourth-order valence-corrected chi connectivity index (χ4v) is 0.474. The molecule has 0 aliphatic rings. The van der Waals surface area contributed by atoms with Crippen LogP contribution in [0.5, 0.6) is 0 Å². The van der Waals surface area contributed by atoms with E-state index in [9.17, 15) is 0 Å². The van der Waals surface area contributed by atoms with Gasteiger partial charge in [-0.15, -0.1) is 0 Å². The van der Waals surface area contributed by atoms with E-state index in [1.54, 1.807) is 0 Å². The molecule has 0 rings (SSSR count). The smallest absolute Gasteiger partial charge is 0 e. The summed E-state index contributed by atoms with van der Waals surface area (Å²) in [6, 6.07) is 0. The summed E-state index contributed by atoms with van der Waals surface area (Å²) in [5.74, 6) is 1.04. The van der Waals surface area contributed by atoms with Crippen molar-refractivity contribution in [2.75, 3.05) is 5.75 Å². The number of hydrogen-bond donors (Lipinski definition) is 1. The molecule has 2 heteroatoms. The second-order valence-electron chi connectivity index (χ2n) is 1.08. The third-order valence-electron chi connectivity index (χ3n) is 0.512. The molecule has 0 aromatic carbocycles. The van der Waals surface area contributed by atoms with Crippen molar-refractivity contribution in [1.29, 1.82) is 0 Å². The van der Waals surface area contributed by atoms with Crippen LogP contribution in [0, 0.1) is 0 Å². The first-order valence-corrected chi connectivity index (χ1v) is 2.66. The van der Waals surface area contributed by atoms with Gasteiger partial charge in [-0.3, -0.25) is 0 Å². The van der Waals surface area contributed by atoms with E-state index >= 15 is 0 Å². The second kappa shape index (κ2) is 9.56. The molecule has 0 atom stereocenters. The molecule has 6 heavy (non-hydrogen) atoms. The predicted octanol–water partition coefficient (Wildman–Crippen LogP) is 1.71. The number of rotatable bonds is 2. The Balaban J connectivity index is 0. The number of hydrogen-bond acceptors (Lipinski definition) is 1. The topological polar surface area (TPSA) is 0 Å². The van der Waals surface area contributed by atoms with Crippen LogP contribution in [0.4, 0.5) is 0 Å². The molecule has 0 N–H and O–H groups in total. The molecule has 0 spiro atoms. The number of unbranched alkanes of at least 4 members (excludes halogenated alkanes) is 1. The van der Waals surface area contributed by atoms with Gasteiger partial charge in [-0.05, 0) is 12.2 Å². The van der Waals surface area contributed by atoms with Gasteiger partial charge in [0, 0.05) is 27.7 Å². The van der Waals surface area contributed by atoms with E-state index in [4.69, 9.17) is 0 Å². The standard InChI is InChI=1S/C4H10S.Hg/c1-2-3-4-5;/h5H,2-4H2,1H3;. The van der Waals surface area contributed by atoms with E-state index in [-0.39, 0.29) is 27.7 Å². The number of thiol groups is 1. The van der Waals surface area contributed by atoms with E-state index in [0.717, 1.165) is 5.75 Å². The molecule has 0 heterocycles. The molecule has 0 bridgehead atoms. The summed E-state index contributed by atoms with van der Waals surface area (Å²) in [6.45, 7) is 2.16. The Kier molecular flexibility index (Phi) is 16.4. The van der Waals surface area contributed by atoms with Crippen LogP contribution in [0.15, 0.2) is 0 Å². The van der Waals surface area contributed by atoms with Gasteiger partial charge in [-0.25, -0.2) is 0 Å². The zero-order chi connectivity index (χ0) is 4.12. The molecule has 0 unspecified atom stereocenters. The minimum Gasteiger partial charge on any atom is -0.179 e. The Labute approximate surface area is 65.6 Å². The summed E-state index contributed by atoms with van der Waals surface area (Å²) in [5.41, 5.74) is 0. The molecule has 0 saturated heterocycles. The van der Waals surface area contributed by atoms with Crippen LogP contribution in [-0.4, -0.2) is 5.75 Å². The SMILES string of the molecule is CCCCS.[Hg]. The first-order valence-electron chi connectivity index (χ1n) is 2.02. The molecular weight excluding hydrogens is 281 g/mol.